The number of nitrogens with zero attached hydrogens (tertiary/aromatic N) is 3. The van der Waals surface area contributed by atoms with Gasteiger partial charge in [-0.15, -0.1) is 0 Å². The van der Waals surface area contributed by atoms with Gasteiger partial charge < -0.3 is 14.2 Å². The van der Waals surface area contributed by atoms with Crippen molar-refractivity contribution in [1.82, 2.24) is 15.0 Å². The molecule has 4 rings (SSSR count). The molecule has 1 atom stereocenters. The Kier molecular flexibility index (Phi) is 5.34. The first-order chi connectivity index (χ1) is 14.0. The largest absolute Gasteiger partial charge is 0.497 e. The summed E-state index contributed by atoms with van der Waals surface area (Å²) < 4.78 is 10.7. The van der Waals surface area contributed by atoms with Crippen LogP contribution < -0.4 is 4.74 Å². The van der Waals surface area contributed by atoms with E-state index in [9.17, 15) is 4.79 Å². The molecule has 1 aromatic heterocycles. The van der Waals surface area contributed by atoms with E-state index in [-0.39, 0.29) is 11.8 Å². The fraction of sp³-hybridized carbons (Fsp3) is 0.348. The number of hydrogen-bond donors (Lipinski definition) is 0. The van der Waals surface area contributed by atoms with E-state index < -0.39 is 0 Å². The van der Waals surface area contributed by atoms with Gasteiger partial charge in [0, 0.05) is 31.0 Å². The average molecular weight is 391 g/mol. The molecule has 3 aromatic rings. The van der Waals surface area contributed by atoms with Crippen molar-refractivity contribution < 1.29 is 14.1 Å². The molecule has 1 saturated heterocycles. The molecule has 0 saturated carbocycles. The first kappa shape index (κ1) is 19.2. The molecule has 0 N–H and O–H groups in total. The molecular formula is C23H25N3O3. The van der Waals surface area contributed by atoms with Crippen LogP contribution >= 0.6 is 0 Å². The highest BCUT2D eigenvalue weighted by Gasteiger charge is 2.33. The van der Waals surface area contributed by atoms with Gasteiger partial charge >= 0.3 is 0 Å². The van der Waals surface area contributed by atoms with Gasteiger partial charge in [0.15, 0.2) is 5.82 Å². The van der Waals surface area contributed by atoms with E-state index in [1.54, 1.807) is 7.11 Å². The second-order valence-electron chi connectivity index (χ2n) is 7.76. The summed E-state index contributed by atoms with van der Waals surface area (Å²) in [6.07, 6.45) is 0.404. The Hall–Kier alpha value is -3.15. The lowest BCUT2D eigenvalue weighted by Gasteiger charge is -2.16. The summed E-state index contributed by atoms with van der Waals surface area (Å²) in [6, 6.07) is 16.0. The second kappa shape index (κ2) is 8.07. The van der Waals surface area contributed by atoms with Crippen LogP contribution in [0.5, 0.6) is 5.75 Å². The molecule has 0 spiro atoms. The summed E-state index contributed by atoms with van der Waals surface area (Å²) in [7, 11) is 1.62. The zero-order valence-corrected chi connectivity index (χ0v) is 17.0. The first-order valence-electron chi connectivity index (χ1n) is 9.88. The average Bonchev–Trinajstić information content (AvgIpc) is 3.36. The topological polar surface area (TPSA) is 68.5 Å². The van der Waals surface area contributed by atoms with Crippen LogP contribution in [-0.2, 0) is 11.3 Å². The monoisotopic (exact) mass is 391 g/mol. The number of likely N-dealkylation sites (tertiary alicyclic amines) is 1. The highest BCUT2D eigenvalue weighted by Crippen LogP contribution is 2.30. The van der Waals surface area contributed by atoms with Crippen molar-refractivity contribution >= 4 is 5.91 Å². The summed E-state index contributed by atoms with van der Waals surface area (Å²) in [6.45, 7) is 5.55. The lowest BCUT2D eigenvalue weighted by Crippen LogP contribution is -2.24. The zero-order valence-electron chi connectivity index (χ0n) is 17.0. The van der Waals surface area contributed by atoms with Crippen molar-refractivity contribution in [3.63, 3.8) is 0 Å². The van der Waals surface area contributed by atoms with Crippen molar-refractivity contribution in [2.75, 3.05) is 13.7 Å². The Bertz CT molecular complexity index is 995. The molecule has 29 heavy (non-hydrogen) atoms. The van der Waals surface area contributed by atoms with Gasteiger partial charge in [-0.05, 0) is 35.2 Å². The van der Waals surface area contributed by atoms with E-state index in [4.69, 9.17) is 9.26 Å². The maximum Gasteiger partial charge on any atom is 0.258 e. The van der Waals surface area contributed by atoms with Gasteiger partial charge in [0.25, 0.3) is 5.89 Å². The molecule has 0 aliphatic carbocycles. The highest BCUT2D eigenvalue weighted by molar-refractivity contribution is 5.79. The molecule has 1 fully saturated rings. The molecule has 1 aliphatic heterocycles. The maximum absolute atomic E-state index is 12.5. The molecule has 1 amide bonds. The van der Waals surface area contributed by atoms with Crippen molar-refractivity contribution in [1.29, 1.82) is 0 Å². The van der Waals surface area contributed by atoms with E-state index in [0.29, 0.717) is 37.1 Å². The Morgan fingerprint density at radius 1 is 1.21 bits per heavy atom. The predicted molar refractivity (Wildman–Crippen MR) is 110 cm³/mol. The van der Waals surface area contributed by atoms with Gasteiger partial charge in [0.2, 0.25) is 5.91 Å². The zero-order chi connectivity index (χ0) is 20.4. The Morgan fingerprint density at radius 3 is 2.72 bits per heavy atom. The number of amides is 1. The van der Waals surface area contributed by atoms with Crippen molar-refractivity contribution in [3.05, 3.63) is 65.5 Å². The molecule has 1 unspecified atom stereocenters. The number of methoxy groups -OCH3 is 1. The van der Waals surface area contributed by atoms with Gasteiger partial charge in [-0.25, -0.2) is 0 Å². The van der Waals surface area contributed by atoms with Crippen molar-refractivity contribution in [2.45, 2.75) is 38.6 Å². The van der Waals surface area contributed by atoms with Crippen LogP contribution in [0.3, 0.4) is 0 Å². The predicted octanol–water partition coefficient (Wildman–Crippen LogP) is 4.38. The summed E-state index contributed by atoms with van der Waals surface area (Å²) in [4.78, 5) is 18.9. The van der Waals surface area contributed by atoms with E-state index in [1.807, 2.05) is 29.2 Å². The third-order valence-corrected chi connectivity index (χ3v) is 5.36. The molecule has 150 valence electrons. The van der Waals surface area contributed by atoms with E-state index in [1.165, 1.54) is 5.56 Å². The molecular weight excluding hydrogens is 366 g/mol. The third kappa shape index (κ3) is 4.16. The smallest absolute Gasteiger partial charge is 0.258 e. The van der Waals surface area contributed by atoms with Crippen LogP contribution in [0, 0.1) is 0 Å². The lowest BCUT2D eigenvalue weighted by atomic mass is 10.0. The Balaban J connectivity index is 1.44. The summed E-state index contributed by atoms with van der Waals surface area (Å²) in [5.41, 5.74) is 3.24. The number of hydrogen-bond acceptors (Lipinski definition) is 5. The summed E-state index contributed by atoms with van der Waals surface area (Å²) in [5.74, 6) is 2.31. The Morgan fingerprint density at radius 2 is 2.00 bits per heavy atom. The summed E-state index contributed by atoms with van der Waals surface area (Å²) >= 11 is 0. The molecule has 6 nitrogen and oxygen atoms in total. The number of carbonyl (C=O) groups excluding carboxylic acids is 1. The van der Waals surface area contributed by atoms with Gasteiger partial charge in [-0.1, -0.05) is 49.3 Å². The number of benzene rings is 2. The van der Waals surface area contributed by atoms with Crippen LogP contribution in [-0.4, -0.2) is 34.6 Å². The molecule has 2 heterocycles. The summed E-state index contributed by atoms with van der Waals surface area (Å²) in [5, 5.41) is 4.13. The highest BCUT2D eigenvalue weighted by atomic mass is 16.5. The van der Waals surface area contributed by atoms with Crippen molar-refractivity contribution in [3.8, 4) is 17.2 Å². The molecule has 1 aliphatic rings. The molecule has 2 aromatic carbocycles. The van der Waals surface area contributed by atoms with Crippen LogP contribution in [0.15, 0.2) is 53.1 Å². The van der Waals surface area contributed by atoms with E-state index in [0.717, 1.165) is 16.9 Å². The molecule has 0 bridgehead atoms. The quantitative estimate of drug-likeness (QED) is 0.624. The van der Waals surface area contributed by atoms with Gasteiger partial charge in [0.05, 0.1) is 7.11 Å². The number of ether oxygens (including phenoxy) is 1. The minimum Gasteiger partial charge on any atom is -0.497 e. The van der Waals surface area contributed by atoms with Crippen LogP contribution in [0.1, 0.15) is 49.1 Å². The van der Waals surface area contributed by atoms with Crippen LogP contribution in [0.25, 0.3) is 11.5 Å². The van der Waals surface area contributed by atoms with Gasteiger partial charge in [-0.2, -0.15) is 4.98 Å². The SMILES string of the molecule is COc1cccc(-c2nc(C3CC(=O)N(Cc4ccc(C(C)C)cc4)C3)no2)c1. The van der Waals surface area contributed by atoms with Crippen LogP contribution in [0.2, 0.25) is 0 Å². The third-order valence-electron chi connectivity index (χ3n) is 5.36. The fourth-order valence-electron chi connectivity index (χ4n) is 3.60. The first-order valence-corrected chi connectivity index (χ1v) is 9.88. The number of aromatic nitrogens is 2. The number of carbonyl (C=O) groups is 1. The standard InChI is InChI=1S/C23H25N3O3/c1-15(2)17-9-7-16(8-10-17)13-26-14-19(12-21(26)27)22-24-23(29-25-22)18-5-4-6-20(11-18)28-3/h4-11,15,19H,12-14H2,1-3H3. The second-order valence-corrected chi connectivity index (χ2v) is 7.76. The van der Waals surface area contributed by atoms with Crippen molar-refractivity contribution in [2.24, 2.45) is 0 Å². The van der Waals surface area contributed by atoms with Gasteiger partial charge in [-0.3, -0.25) is 4.79 Å². The molecule has 6 heteroatoms. The number of rotatable bonds is 6. The van der Waals surface area contributed by atoms with Gasteiger partial charge in [0.1, 0.15) is 5.75 Å². The normalized spacial score (nSPS) is 16.6. The van der Waals surface area contributed by atoms with E-state index in [2.05, 4.69) is 48.3 Å². The maximum atomic E-state index is 12.5. The minimum atomic E-state index is -0.0551. The minimum absolute atomic E-state index is 0.0551. The fourth-order valence-corrected chi connectivity index (χ4v) is 3.60. The van der Waals surface area contributed by atoms with Crippen LogP contribution in [0.4, 0.5) is 0 Å². The lowest BCUT2D eigenvalue weighted by molar-refractivity contribution is -0.128. The van der Waals surface area contributed by atoms with E-state index >= 15 is 0 Å². The molecule has 0 radical (unpaired) electrons. The Labute approximate surface area is 170 Å².